The number of aromatic nitrogens is 2. The molecule has 1 atom stereocenters. The number of nitrogens with zero attached hydrogens (tertiary/aromatic N) is 3. The van der Waals surface area contributed by atoms with E-state index in [1.165, 1.54) is 23.5 Å². The molecular formula is C15H10ClN3O5S. The maximum Gasteiger partial charge on any atom is 0.340 e. The van der Waals surface area contributed by atoms with Gasteiger partial charge in [0.15, 0.2) is 6.10 Å². The first-order valence-electron chi connectivity index (χ1n) is 6.98. The minimum Gasteiger partial charge on any atom is -0.449 e. The molecule has 0 saturated carbocycles. The summed E-state index contributed by atoms with van der Waals surface area (Å²) in [6.45, 7) is 1.57. The van der Waals surface area contributed by atoms with Crippen LogP contribution in [0.4, 0.5) is 5.69 Å². The first-order valence-corrected chi connectivity index (χ1v) is 8.23. The molecule has 0 fully saturated rings. The van der Waals surface area contributed by atoms with E-state index in [2.05, 4.69) is 10.2 Å². The van der Waals surface area contributed by atoms with Gasteiger partial charge in [0.1, 0.15) is 0 Å². The van der Waals surface area contributed by atoms with Crippen molar-refractivity contribution >= 4 is 34.6 Å². The van der Waals surface area contributed by atoms with E-state index in [1.54, 1.807) is 6.92 Å². The third kappa shape index (κ3) is 3.67. The van der Waals surface area contributed by atoms with Gasteiger partial charge in [-0.2, -0.15) is 0 Å². The topological polar surface area (TPSA) is 108 Å². The number of esters is 1. The van der Waals surface area contributed by atoms with Gasteiger partial charge >= 0.3 is 5.97 Å². The lowest BCUT2D eigenvalue weighted by atomic mass is 10.2. The van der Waals surface area contributed by atoms with Crippen molar-refractivity contribution in [3.8, 4) is 10.8 Å². The van der Waals surface area contributed by atoms with Crippen molar-refractivity contribution in [2.24, 2.45) is 0 Å². The number of non-ortho nitro benzene ring substituents is 1. The Morgan fingerprint density at radius 2 is 2.20 bits per heavy atom. The van der Waals surface area contributed by atoms with E-state index in [1.807, 2.05) is 17.5 Å². The molecule has 25 heavy (non-hydrogen) atoms. The van der Waals surface area contributed by atoms with Gasteiger partial charge in [0.05, 0.1) is 20.4 Å². The van der Waals surface area contributed by atoms with Gasteiger partial charge in [-0.1, -0.05) is 17.7 Å². The van der Waals surface area contributed by atoms with Crippen LogP contribution >= 0.6 is 22.9 Å². The summed E-state index contributed by atoms with van der Waals surface area (Å²) in [4.78, 5) is 23.1. The second-order valence-corrected chi connectivity index (χ2v) is 6.25. The maximum absolute atomic E-state index is 12.2. The Bertz CT molecular complexity index is 925. The van der Waals surface area contributed by atoms with Crippen LogP contribution in [0.3, 0.4) is 0 Å². The molecule has 0 saturated heterocycles. The van der Waals surface area contributed by atoms with Gasteiger partial charge in [0.2, 0.25) is 0 Å². The van der Waals surface area contributed by atoms with Gasteiger partial charge < -0.3 is 9.15 Å². The smallest absolute Gasteiger partial charge is 0.340 e. The van der Waals surface area contributed by atoms with Crippen LogP contribution in [-0.4, -0.2) is 21.1 Å². The first kappa shape index (κ1) is 17.1. The van der Waals surface area contributed by atoms with Crippen molar-refractivity contribution < 1.29 is 18.9 Å². The molecule has 0 bridgehead atoms. The number of halogens is 1. The van der Waals surface area contributed by atoms with Crippen molar-refractivity contribution in [1.29, 1.82) is 0 Å². The van der Waals surface area contributed by atoms with E-state index in [-0.39, 0.29) is 22.2 Å². The van der Waals surface area contributed by atoms with Crippen molar-refractivity contribution in [2.45, 2.75) is 13.0 Å². The number of thiophene rings is 1. The molecule has 2 aromatic heterocycles. The third-order valence-electron chi connectivity index (χ3n) is 3.19. The molecule has 10 heteroatoms. The van der Waals surface area contributed by atoms with E-state index < -0.39 is 17.0 Å². The van der Waals surface area contributed by atoms with Gasteiger partial charge in [-0.25, -0.2) is 4.79 Å². The highest BCUT2D eigenvalue weighted by Crippen LogP contribution is 2.28. The van der Waals surface area contributed by atoms with E-state index in [9.17, 15) is 14.9 Å². The van der Waals surface area contributed by atoms with Crippen LogP contribution < -0.4 is 0 Å². The summed E-state index contributed by atoms with van der Waals surface area (Å²) in [5.74, 6) is -0.278. The highest BCUT2D eigenvalue weighted by atomic mass is 35.5. The average molecular weight is 380 g/mol. The molecule has 128 valence electrons. The van der Waals surface area contributed by atoms with E-state index in [0.717, 1.165) is 10.9 Å². The quantitative estimate of drug-likeness (QED) is 0.369. The first-order chi connectivity index (χ1) is 12.0. The molecule has 2 heterocycles. The molecule has 0 aliphatic rings. The molecule has 0 spiro atoms. The van der Waals surface area contributed by atoms with Crippen LogP contribution in [0.15, 0.2) is 40.1 Å². The Hall–Kier alpha value is -2.78. The zero-order chi connectivity index (χ0) is 18.0. The molecule has 0 amide bonds. The second kappa shape index (κ2) is 6.99. The average Bonchev–Trinajstić information content (AvgIpc) is 3.25. The SMILES string of the molecule is C[C@H](OC(=O)c1ccc([N+](=O)[O-])cc1Cl)c1nnc(-c2cccs2)o1. The lowest BCUT2D eigenvalue weighted by Crippen LogP contribution is -2.10. The van der Waals surface area contributed by atoms with Gasteiger partial charge in [-0.15, -0.1) is 21.5 Å². The Morgan fingerprint density at radius 1 is 1.40 bits per heavy atom. The number of hydrogen-bond acceptors (Lipinski definition) is 8. The predicted octanol–water partition coefficient (Wildman–Crippen LogP) is 4.28. The summed E-state index contributed by atoms with van der Waals surface area (Å²) < 4.78 is 10.7. The van der Waals surface area contributed by atoms with Crippen molar-refractivity contribution in [3.05, 3.63) is 62.3 Å². The largest absolute Gasteiger partial charge is 0.449 e. The molecular weight excluding hydrogens is 370 g/mol. The summed E-state index contributed by atoms with van der Waals surface area (Å²) in [5, 5.41) is 20.3. The molecule has 0 radical (unpaired) electrons. The van der Waals surface area contributed by atoms with Gasteiger partial charge in [-0.05, 0) is 24.4 Å². The molecule has 8 nitrogen and oxygen atoms in total. The van der Waals surface area contributed by atoms with Crippen LogP contribution in [0.5, 0.6) is 0 Å². The minimum absolute atomic E-state index is 0.0112. The second-order valence-electron chi connectivity index (χ2n) is 4.89. The number of nitro groups is 1. The fourth-order valence-corrected chi connectivity index (χ4v) is 2.85. The van der Waals surface area contributed by atoms with Crippen molar-refractivity contribution in [3.63, 3.8) is 0 Å². The summed E-state index contributed by atoms with van der Waals surface area (Å²) in [6.07, 6.45) is -0.806. The Labute approximate surface area is 150 Å². The standard InChI is InChI=1S/C15H10ClN3O5S/c1-8(13-17-18-14(24-13)12-3-2-6-25-12)23-15(20)10-5-4-9(19(21)22)7-11(10)16/h2-8H,1H3/t8-/m0/s1. The van der Waals surface area contributed by atoms with Gasteiger partial charge in [-0.3, -0.25) is 10.1 Å². The van der Waals surface area contributed by atoms with E-state index in [4.69, 9.17) is 20.8 Å². The summed E-state index contributed by atoms with van der Waals surface area (Å²) in [5.41, 5.74) is -0.204. The van der Waals surface area contributed by atoms with Gasteiger partial charge in [0.25, 0.3) is 17.5 Å². The van der Waals surface area contributed by atoms with Crippen LogP contribution in [0, 0.1) is 10.1 Å². The normalized spacial score (nSPS) is 11.9. The minimum atomic E-state index is -0.806. The molecule has 0 aliphatic heterocycles. The van der Waals surface area contributed by atoms with E-state index >= 15 is 0 Å². The number of carbonyl (C=O) groups excluding carboxylic acids is 1. The predicted molar refractivity (Wildman–Crippen MR) is 89.5 cm³/mol. The van der Waals surface area contributed by atoms with Crippen LogP contribution in [0.25, 0.3) is 10.8 Å². The number of hydrogen-bond donors (Lipinski definition) is 0. The highest BCUT2D eigenvalue weighted by Gasteiger charge is 2.22. The zero-order valence-corrected chi connectivity index (χ0v) is 14.3. The van der Waals surface area contributed by atoms with Gasteiger partial charge in [0, 0.05) is 12.1 Å². The van der Waals surface area contributed by atoms with Crippen molar-refractivity contribution in [1.82, 2.24) is 10.2 Å². The Balaban J connectivity index is 1.73. The Morgan fingerprint density at radius 3 is 2.84 bits per heavy atom. The van der Waals surface area contributed by atoms with E-state index in [0.29, 0.717) is 5.89 Å². The number of ether oxygens (including phenoxy) is 1. The lowest BCUT2D eigenvalue weighted by Gasteiger charge is -2.10. The molecule has 0 unspecified atom stereocenters. The fourth-order valence-electron chi connectivity index (χ4n) is 1.96. The van der Waals surface area contributed by atoms with Crippen molar-refractivity contribution in [2.75, 3.05) is 0 Å². The molecule has 0 aliphatic carbocycles. The molecule has 3 rings (SSSR count). The number of rotatable bonds is 5. The highest BCUT2D eigenvalue weighted by molar-refractivity contribution is 7.13. The van der Waals surface area contributed by atoms with Crippen LogP contribution in [0.1, 0.15) is 29.3 Å². The lowest BCUT2D eigenvalue weighted by molar-refractivity contribution is -0.384. The fraction of sp³-hybridized carbons (Fsp3) is 0.133. The summed E-state index contributed by atoms with van der Waals surface area (Å²) in [7, 11) is 0. The third-order valence-corrected chi connectivity index (χ3v) is 4.36. The summed E-state index contributed by atoms with van der Waals surface area (Å²) >= 11 is 7.36. The molecule has 0 N–H and O–H groups in total. The van der Waals surface area contributed by atoms with Crippen LogP contribution in [0.2, 0.25) is 5.02 Å². The zero-order valence-electron chi connectivity index (χ0n) is 12.7. The number of nitro benzene ring substituents is 1. The monoisotopic (exact) mass is 379 g/mol. The number of carbonyl (C=O) groups is 1. The molecule has 3 aromatic rings. The molecule has 1 aromatic carbocycles. The summed E-state index contributed by atoms with van der Waals surface area (Å²) in [6, 6.07) is 7.18. The Kier molecular flexibility index (Phi) is 4.77. The van der Waals surface area contributed by atoms with Crippen LogP contribution in [-0.2, 0) is 4.74 Å². The number of benzene rings is 1. The maximum atomic E-state index is 12.2.